The highest BCUT2D eigenvalue weighted by Gasteiger charge is 2.52. The average molecular weight is 283 g/mol. The van der Waals surface area contributed by atoms with Gasteiger partial charge in [0.05, 0.1) is 27.5 Å². The molecule has 0 bridgehead atoms. The molecule has 0 atom stereocenters. The summed E-state index contributed by atoms with van der Waals surface area (Å²) in [5.41, 5.74) is 6.35. The highest BCUT2D eigenvalue weighted by molar-refractivity contribution is 6.61. The number of aromatic nitrogens is 1. The Bertz CT molecular complexity index is 464. The number of halogens is 1. The maximum absolute atomic E-state index is 6.09. The Morgan fingerprint density at radius 2 is 1.79 bits per heavy atom. The van der Waals surface area contributed by atoms with E-state index in [9.17, 15) is 0 Å². The van der Waals surface area contributed by atoms with Gasteiger partial charge in [-0.25, -0.2) is 0 Å². The van der Waals surface area contributed by atoms with E-state index in [0.29, 0.717) is 18.0 Å². The number of hydrogen-bond donors (Lipinski definition) is 1. The van der Waals surface area contributed by atoms with Gasteiger partial charge < -0.3 is 15.0 Å². The van der Waals surface area contributed by atoms with E-state index in [1.807, 2.05) is 39.8 Å². The molecule has 1 aliphatic rings. The van der Waals surface area contributed by atoms with Crippen LogP contribution in [0.25, 0.3) is 0 Å². The van der Waals surface area contributed by atoms with Crippen LogP contribution in [0.3, 0.4) is 0 Å². The van der Waals surface area contributed by atoms with Gasteiger partial charge in [0.15, 0.2) is 0 Å². The maximum Gasteiger partial charge on any atom is 0.514 e. The van der Waals surface area contributed by atoms with Gasteiger partial charge in [-0.3, -0.25) is 4.98 Å². The molecular weight excluding hydrogens is 262 g/mol. The van der Waals surface area contributed by atoms with Crippen molar-refractivity contribution in [1.82, 2.24) is 4.98 Å². The molecule has 0 radical (unpaired) electrons. The van der Waals surface area contributed by atoms with E-state index in [-0.39, 0.29) is 11.2 Å². The van der Waals surface area contributed by atoms with Gasteiger partial charge in [-0.2, -0.15) is 0 Å². The smallest absolute Gasteiger partial charge is 0.398 e. The van der Waals surface area contributed by atoms with E-state index in [4.69, 9.17) is 26.6 Å². The summed E-state index contributed by atoms with van der Waals surface area (Å²) >= 11 is 6.09. The van der Waals surface area contributed by atoms with Crippen LogP contribution in [0.5, 0.6) is 0 Å². The molecule has 19 heavy (non-hydrogen) atoms. The lowest BCUT2D eigenvalue weighted by molar-refractivity contribution is 0.00578. The Morgan fingerprint density at radius 1 is 1.21 bits per heavy atom. The number of pyridine rings is 1. The molecule has 2 N–H and O–H groups in total. The standard InChI is InChI=1S/C13H20BClN2O2/c1-12(2)13(3,4)19-14(18-12)11-6-5-9(15)10(17-11)7-8-16/h5-6H,7-8,16H2,1-4H3. The Hall–Kier alpha value is -0.615. The second kappa shape index (κ2) is 5.06. The Kier molecular flexibility index (Phi) is 3.93. The third kappa shape index (κ3) is 2.79. The van der Waals surface area contributed by atoms with E-state index < -0.39 is 7.12 Å². The monoisotopic (exact) mass is 282 g/mol. The highest BCUT2D eigenvalue weighted by Crippen LogP contribution is 2.36. The van der Waals surface area contributed by atoms with E-state index in [1.54, 1.807) is 0 Å². The lowest BCUT2D eigenvalue weighted by Crippen LogP contribution is -2.41. The molecule has 0 amide bonds. The summed E-state index contributed by atoms with van der Waals surface area (Å²) in [4.78, 5) is 4.51. The fourth-order valence-electron chi connectivity index (χ4n) is 1.91. The molecule has 0 spiro atoms. The van der Waals surface area contributed by atoms with Crippen LogP contribution in [-0.2, 0) is 15.7 Å². The van der Waals surface area contributed by atoms with Crippen molar-refractivity contribution in [3.63, 3.8) is 0 Å². The normalized spacial score (nSPS) is 20.8. The quantitative estimate of drug-likeness (QED) is 0.854. The van der Waals surface area contributed by atoms with Crippen molar-refractivity contribution in [2.24, 2.45) is 5.73 Å². The zero-order chi connectivity index (χ0) is 14.3. The highest BCUT2D eigenvalue weighted by atomic mass is 35.5. The molecule has 1 aliphatic heterocycles. The first-order valence-corrected chi connectivity index (χ1v) is 6.85. The summed E-state index contributed by atoms with van der Waals surface area (Å²) < 4.78 is 11.9. The zero-order valence-electron chi connectivity index (χ0n) is 11.9. The number of nitrogens with zero attached hydrogens (tertiary/aromatic N) is 1. The fourth-order valence-corrected chi connectivity index (χ4v) is 2.11. The molecule has 1 saturated heterocycles. The molecule has 2 heterocycles. The lowest BCUT2D eigenvalue weighted by atomic mass is 9.84. The summed E-state index contributed by atoms with van der Waals surface area (Å²) in [7, 11) is -0.459. The summed E-state index contributed by atoms with van der Waals surface area (Å²) in [5, 5.41) is 0.630. The van der Waals surface area contributed by atoms with Crippen LogP contribution < -0.4 is 11.3 Å². The van der Waals surface area contributed by atoms with Gasteiger partial charge in [-0.1, -0.05) is 11.6 Å². The zero-order valence-corrected chi connectivity index (χ0v) is 12.6. The third-order valence-corrected chi connectivity index (χ3v) is 4.16. The predicted molar refractivity (Wildman–Crippen MR) is 77.7 cm³/mol. The molecule has 1 aromatic heterocycles. The molecule has 0 aromatic carbocycles. The summed E-state index contributed by atoms with van der Waals surface area (Å²) in [5.74, 6) is 0. The van der Waals surface area contributed by atoms with Gasteiger partial charge in [0.25, 0.3) is 0 Å². The SMILES string of the molecule is CC1(C)OB(c2ccc(Cl)c(CCN)n2)OC1(C)C. The van der Waals surface area contributed by atoms with Crippen LogP contribution in [0, 0.1) is 0 Å². The number of rotatable bonds is 3. The lowest BCUT2D eigenvalue weighted by Gasteiger charge is -2.32. The molecule has 0 aliphatic carbocycles. The largest absolute Gasteiger partial charge is 0.514 e. The Balaban J connectivity index is 2.27. The van der Waals surface area contributed by atoms with Crippen LogP contribution in [0.15, 0.2) is 12.1 Å². The fraction of sp³-hybridized carbons (Fsp3) is 0.615. The van der Waals surface area contributed by atoms with Crippen molar-refractivity contribution in [2.45, 2.75) is 45.3 Å². The summed E-state index contributed by atoms with van der Waals surface area (Å²) in [6.45, 7) is 8.58. The van der Waals surface area contributed by atoms with Crippen LogP contribution in [0.4, 0.5) is 0 Å². The van der Waals surface area contributed by atoms with Crippen molar-refractivity contribution < 1.29 is 9.31 Å². The van der Waals surface area contributed by atoms with Crippen molar-refractivity contribution in [1.29, 1.82) is 0 Å². The minimum atomic E-state index is -0.459. The maximum atomic E-state index is 6.09. The Labute approximate surface area is 119 Å². The van der Waals surface area contributed by atoms with Crippen LogP contribution in [-0.4, -0.2) is 29.8 Å². The van der Waals surface area contributed by atoms with Crippen LogP contribution >= 0.6 is 11.6 Å². The van der Waals surface area contributed by atoms with E-state index in [1.165, 1.54) is 0 Å². The molecule has 0 saturated carbocycles. The first-order valence-electron chi connectivity index (χ1n) is 6.48. The second-order valence-corrected chi connectivity index (χ2v) is 6.20. The second-order valence-electron chi connectivity index (χ2n) is 5.79. The van der Waals surface area contributed by atoms with Gasteiger partial charge in [-0.15, -0.1) is 0 Å². The molecular formula is C13H20BClN2O2. The molecule has 2 rings (SSSR count). The molecule has 1 fully saturated rings. The molecule has 1 aromatic rings. The van der Waals surface area contributed by atoms with Gasteiger partial charge in [0.2, 0.25) is 0 Å². The van der Waals surface area contributed by atoms with E-state index in [0.717, 1.165) is 11.3 Å². The first-order chi connectivity index (χ1) is 8.77. The van der Waals surface area contributed by atoms with E-state index >= 15 is 0 Å². The number of hydrogen-bond acceptors (Lipinski definition) is 4. The van der Waals surface area contributed by atoms with Crippen molar-refractivity contribution >= 4 is 24.3 Å². The van der Waals surface area contributed by atoms with Crippen LogP contribution in [0.2, 0.25) is 5.02 Å². The molecule has 104 valence electrons. The van der Waals surface area contributed by atoms with Gasteiger partial charge in [0, 0.05) is 6.42 Å². The summed E-state index contributed by atoms with van der Waals surface area (Å²) in [6.07, 6.45) is 0.645. The predicted octanol–water partition coefficient (Wildman–Crippen LogP) is 1.54. The van der Waals surface area contributed by atoms with Crippen LogP contribution in [0.1, 0.15) is 33.4 Å². The summed E-state index contributed by atoms with van der Waals surface area (Å²) in [6, 6.07) is 3.66. The van der Waals surface area contributed by atoms with Gasteiger partial charge in [0.1, 0.15) is 0 Å². The first kappa shape index (κ1) is 14.8. The molecule has 6 heteroatoms. The van der Waals surface area contributed by atoms with Crippen molar-refractivity contribution in [3.8, 4) is 0 Å². The minimum absolute atomic E-state index is 0.368. The van der Waals surface area contributed by atoms with Gasteiger partial charge >= 0.3 is 7.12 Å². The van der Waals surface area contributed by atoms with Gasteiger partial charge in [-0.05, 0) is 46.4 Å². The number of nitrogens with two attached hydrogens (primary N) is 1. The minimum Gasteiger partial charge on any atom is -0.398 e. The third-order valence-electron chi connectivity index (χ3n) is 3.82. The topological polar surface area (TPSA) is 57.4 Å². The average Bonchev–Trinajstić information content (AvgIpc) is 2.51. The molecule has 0 unspecified atom stereocenters. The van der Waals surface area contributed by atoms with Crippen molar-refractivity contribution in [2.75, 3.05) is 6.54 Å². The Morgan fingerprint density at radius 3 is 2.32 bits per heavy atom. The molecule has 4 nitrogen and oxygen atoms in total. The van der Waals surface area contributed by atoms with E-state index in [2.05, 4.69) is 4.98 Å². The van der Waals surface area contributed by atoms with Crippen molar-refractivity contribution in [3.05, 3.63) is 22.8 Å².